The van der Waals surface area contributed by atoms with E-state index in [2.05, 4.69) is 68.1 Å². The molecule has 2 aliphatic rings. The maximum Gasteiger partial charge on any atom is 0.305 e. The van der Waals surface area contributed by atoms with E-state index in [-0.39, 0.29) is 53.7 Å². The van der Waals surface area contributed by atoms with Crippen molar-refractivity contribution in [3.63, 3.8) is 0 Å². The van der Waals surface area contributed by atoms with Crippen molar-refractivity contribution in [2.75, 3.05) is 10.7 Å². The normalized spacial score (nSPS) is 18.2. The molecule has 9 nitrogen and oxygen atoms in total. The molecule has 1 amide bonds. The number of allylic oxidation sites excluding steroid dienone is 1. The van der Waals surface area contributed by atoms with Crippen LogP contribution in [0, 0.1) is 9.20 Å². The van der Waals surface area contributed by atoms with Crippen LogP contribution in [0.15, 0.2) is 124 Å². The number of carboxylic acids is 1. The van der Waals surface area contributed by atoms with Crippen molar-refractivity contribution < 1.29 is 14.7 Å². The summed E-state index contributed by atoms with van der Waals surface area (Å²) in [6.07, 6.45) is 5.19. The number of hydrogen-bond donors (Lipinski definition) is 1. The van der Waals surface area contributed by atoms with E-state index in [0.29, 0.717) is 29.0 Å². The van der Waals surface area contributed by atoms with E-state index in [4.69, 9.17) is 12.2 Å². The lowest BCUT2D eigenvalue weighted by Gasteiger charge is -2.26. The molecule has 1 saturated heterocycles. The summed E-state index contributed by atoms with van der Waals surface area (Å²) < 4.78 is 4.71. The first kappa shape index (κ1) is 42.4. The van der Waals surface area contributed by atoms with Gasteiger partial charge in [-0.3, -0.25) is 33.2 Å². The summed E-state index contributed by atoms with van der Waals surface area (Å²) in [5.41, 5.74) is 5.57. The fraction of sp³-hybridized carbons (Fsp3) is 0.213. The van der Waals surface area contributed by atoms with Gasteiger partial charge < -0.3 is 10.0 Å². The summed E-state index contributed by atoms with van der Waals surface area (Å²) in [5.74, 6) is -0.0471. The first-order chi connectivity index (χ1) is 29.5. The maximum absolute atomic E-state index is 14.6. The van der Waals surface area contributed by atoms with Crippen LogP contribution in [0.3, 0.4) is 0 Å². The average molecular weight is 903 g/mol. The van der Waals surface area contributed by atoms with Crippen molar-refractivity contribution in [1.29, 1.82) is 0 Å². The quantitative estimate of drug-likeness (QED) is 0.0959. The molecule has 6 aromatic rings. The Bertz CT molecular complexity index is 3030. The molecule has 2 atom stereocenters. The van der Waals surface area contributed by atoms with E-state index in [9.17, 15) is 24.3 Å². The van der Waals surface area contributed by atoms with Crippen molar-refractivity contribution in [2.24, 2.45) is 0 Å². The second-order valence-electron chi connectivity index (χ2n) is 14.7. The first-order valence-electron chi connectivity index (χ1n) is 19.9. The van der Waals surface area contributed by atoms with Gasteiger partial charge >= 0.3 is 5.97 Å². The molecule has 4 heterocycles. The van der Waals surface area contributed by atoms with Crippen molar-refractivity contribution in [1.82, 2.24) is 14.0 Å². The molecule has 0 aliphatic carbocycles. The largest absolute Gasteiger partial charge is 0.481 e. The molecule has 0 spiro atoms. The van der Waals surface area contributed by atoms with Gasteiger partial charge in [0, 0.05) is 34.8 Å². The van der Waals surface area contributed by atoms with Gasteiger partial charge in [-0.25, -0.2) is 0 Å². The van der Waals surface area contributed by atoms with Crippen molar-refractivity contribution >= 4 is 103 Å². The number of aromatic nitrogens is 2. The number of carbonyl (C=O) groups excluding carboxylic acids is 1. The number of amides is 1. The zero-order valence-electron chi connectivity index (χ0n) is 33.6. The third-order valence-corrected chi connectivity index (χ3v) is 15.8. The highest BCUT2D eigenvalue weighted by molar-refractivity contribution is 8.30. The Morgan fingerprint density at radius 3 is 2.20 bits per heavy atom. The Kier molecular flexibility index (Phi) is 12.8. The van der Waals surface area contributed by atoms with Crippen molar-refractivity contribution in [2.45, 2.75) is 63.7 Å². The van der Waals surface area contributed by atoms with Crippen LogP contribution in [-0.4, -0.2) is 47.1 Å². The Balaban J connectivity index is 1.21. The van der Waals surface area contributed by atoms with Crippen LogP contribution >= 0.6 is 58.4 Å². The zero-order chi connectivity index (χ0) is 42.8. The number of fused-ring (bicyclic) bond motifs is 1. The number of hydrogen-bond acceptors (Lipinski definition) is 10. The van der Waals surface area contributed by atoms with Crippen LogP contribution in [0.1, 0.15) is 55.4 Å². The van der Waals surface area contributed by atoms with E-state index >= 15 is 0 Å². The highest BCUT2D eigenvalue weighted by atomic mass is 32.2. The lowest BCUT2D eigenvalue weighted by molar-refractivity contribution is -0.137. The summed E-state index contributed by atoms with van der Waals surface area (Å²) >= 11 is 10.9. The smallest absolute Gasteiger partial charge is 0.305 e. The summed E-state index contributed by atoms with van der Waals surface area (Å²) in [6.45, 7) is 6.99. The monoisotopic (exact) mass is 902 g/mol. The predicted molar refractivity (Wildman–Crippen MR) is 255 cm³/mol. The molecule has 0 radical (unpaired) electrons. The van der Waals surface area contributed by atoms with Crippen molar-refractivity contribution in [3.8, 4) is 0 Å². The number of benzene rings is 4. The Labute approximate surface area is 374 Å². The van der Waals surface area contributed by atoms with E-state index in [0.717, 1.165) is 62.6 Å². The second-order valence-corrected chi connectivity index (χ2v) is 19.7. The second kappa shape index (κ2) is 18.4. The highest BCUT2D eigenvalue weighted by Crippen LogP contribution is 2.45. The molecule has 2 aromatic heterocycles. The van der Waals surface area contributed by atoms with E-state index in [1.165, 1.54) is 25.6 Å². The predicted octanol–water partition coefficient (Wildman–Crippen LogP) is 8.36. The molecular formula is C47H42N4O5S5. The number of aliphatic carboxylic acids is 1. The van der Waals surface area contributed by atoms with Crippen LogP contribution in [0.25, 0.3) is 17.1 Å². The topological polar surface area (TPSA) is 105 Å². The van der Waals surface area contributed by atoms with Gasteiger partial charge in [0.2, 0.25) is 0 Å². The molecular weight excluding hydrogens is 861 g/mol. The van der Waals surface area contributed by atoms with Gasteiger partial charge in [0.15, 0.2) is 0 Å². The number of carbonyl (C=O) groups is 2. The Hall–Kier alpha value is -5.25. The number of rotatable bonds is 12. The molecule has 4 aromatic carbocycles. The number of anilines is 2. The fourth-order valence-electron chi connectivity index (χ4n) is 7.62. The molecule has 2 unspecified atom stereocenters. The molecule has 0 saturated carbocycles. The summed E-state index contributed by atoms with van der Waals surface area (Å²) in [5, 5.41) is 9.65. The molecule has 1 fully saturated rings. The Morgan fingerprint density at radius 1 is 0.836 bits per heavy atom. The summed E-state index contributed by atoms with van der Waals surface area (Å²) in [4.78, 5) is 60.0. The van der Waals surface area contributed by atoms with E-state index in [1.807, 2.05) is 84.6 Å². The SMILES string of the molecule is CCSc1ccc(N2c3ccc(C=CC=c4s/c(=c5/s/c(=C6/SC(=S)N(Cc7ccccc7)C6=O)n(Cc6ccccc6)c5=O)n(CCC(=O)O)c4=O)cc3C(C)C2C)cc1. The molecule has 61 heavy (non-hydrogen) atoms. The number of thioether (sulfide) groups is 2. The molecule has 2 aliphatic heterocycles. The first-order valence-corrected chi connectivity index (χ1v) is 23.7. The van der Waals surface area contributed by atoms with Crippen LogP contribution in [-0.2, 0) is 29.2 Å². The molecule has 0 bridgehead atoms. The van der Waals surface area contributed by atoms with Gasteiger partial charge in [0.1, 0.15) is 23.1 Å². The Morgan fingerprint density at radius 2 is 1.52 bits per heavy atom. The van der Waals surface area contributed by atoms with Gasteiger partial charge in [-0.15, -0.1) is 34.4 Å². The van der Waals surface area contributed by atoms with Crippen LogP contribution in [0.5, 0.6) is 0 Å². The van der Waals surface area contributed by atoms with Gasteiger partial charge in [-0.2, -0.15) is 0 Å². The lowest BCUT2D eigenvalue weighted by atomic mass is 9.96. The van der Waals surface area contributed by atoms with E-state index < -0.39 is 5.97 Å². The highest BCUT2D eigenvalue weighted by Gasteiger charge is 2.35. The minimum atomic E-state index is -1.07. The van der Waals surface area contributed by atoms with Gasteiger partial charge in [0.05, 0.1) is 24.0 Å². The van der Waals surface area contributed by atoms with Gasteiger partial charge in [0.25, 0.3) is 17.0 Å². The standard InChI is InChI=1S/C47H42N4O5S5/c1-4-58-35-21-19-34(20-22-35)51-30(3)29(2)36-26-31(18-23-37(36)51)16-11-17-38-42(54)48(25-24-39(52)53)45(59-38)40-43(55)49(27-32-12-7-5-8-13-32)46(60-40)41-44(56)50(47(57)61-41)28-33-14-9-6-10-15-33/h5-23,26,29-30H,4,24-25,27-28H2,1-3H3,(H,52,53)/b16-11?,38-17?,45-40+,46-41+. The zero-order valence-corrected chi connectivity index (χ0v) is 37.7. The summed E-state index contributed by atoms with van der Waals surface area (Å²) in [7, 11) is 0. The minimum Gasteiger partial charge on any atom is -0.481 e. The number of carboxylic acid groups (broad SMARTS) is 1. The molecule has 310 valence electrons. The van der Waals surface area contributed by atoms with Crippen LogP contribution in [0.2, 0.25) is 0 Å². The third kappa shape index (κ3) is 8.78. The number of thiazole rings is 2. The fourth-order valence-corrected chi connectivity index (χ4v) is 12.0. The third-order valence-electron chi connectivity index (χ3n) is 10.8. The summed E-state index contributed by atoms with van der Waals surface area (Å²) in [6, 6.07) is 34.5. The van der Waals surface area contributed by atoms with E-state index in [1.54, 1.807) is 10.6 Å². The molecule has 8 rings (SSSR count). The maximum atomic E-state index is 14.6. The molecule has 14 heteroatoms. The molecule has 1 N–H and O–H groups in total. The van der Waals surface area contributed by atoms with Crippen LogP contribution in [0.4, 0.5) is 11.4 Å². The van der Waals surface area contributed by atoms with Gasteiger partial charge in [-0.1, -0.05) is 117 Å². The number of thiocarbonyl (C=S) groups is 1. The minimum absolute atomic E-state index is 0.125. The van der Waals surface area contributed by atoms with Crippen molar-refractivity contribution in [3.05, 3.63) is 171 Å². The van der Waals surface area contributed by atoms with Crippen LogP contribution < -0.4 is 25.2 Å². The lowest BCUT2D eigenvalue weighted by Crippen LogP contribution is -2.31. The van der Waals surface area contributed by atoms with Gasteiger partial charge in [-0.05, 0) is 77.4 Å². The average Bonchev–Trinajstić information content (AvgIpc) is 3.92. The number of nitrogens with zero attached hydrogens (tertiary/aromatic N) is 4.